The molecule has 30 heavy (non-hydrogen) atoms. The number of methoxy groups -OCH3 is 1. The van der Waals surface area contributed by atoms with Crippen LogP contribution in [0.25, 0.3) is 0 Å². The van der Waals surface area contributed by atoms with Crippen molar-refractivity contribution in [2.45, 2.75) is 52.2 Å². The molecule has 8 heteroatoms. The van der Waals surface area contributed by atoms with Gasteiger partial charge in [0, 0.05) is 19.1 Å². The molecule has 1 unspecified atom stereocenters. The normalized spacial score (nSPS) is 18.3. The highest BCUT2D eigenvalue weighted by Gasteiger charge is 2.34. The maximum atomic E-state index is 14.6. The Kier molecular flexibility index (Phi) is 6.43. The Balaban J connectivity index is 1.72. The molecule has 1 amide bonds. The standard InChI is InChI=1S/C22H31FN2O5/c1-14(15-6-8-24(9-7-15)21(27)30-22(2,3)4)25-10-11-29-19-17(23)12-16(13-18(19)25)20(26)28-5/h12-15H,6-11H2,1-5H3. The van der Waals surface area contributed by atoms with Crippen LogP contribution in [0.5, 0.6) is 5.75 Å². The van der Waals surface area contributed by atoms with Crippen molar-refractivity contribution in [2.24, 2.45) is 5.92 Å². The maximum absolute atomic E-state index is 14.6. The number of nitrogens with zero attached hydrogens (tertiary/aromatic N) is 2. The van der Waals surface area contributed by atoms with Crippen molar-refractivity contribution in [2.75, 3.05) is 38.3 Å². The summed E-state index contributed by atoms with van der Waals surface area (Å²) in [7, 11) is 1.27. The summed E-state index contributed by atoms with van der Waals surface area (Å²) in [6.45, 7) is 9.90. The Morgan fingerprint density at radius 1 is 1.20 bits per heavy atom. The number of carbonyl (C=O) groups is 2. The molecule has 166 valence electrons. The van der Waals surface area contributed by atoms with Crippen LogP contribution in [0.1, 0.15) is 50.9 Å². The van der Waals surface area contributed by atoms with Crippen LogP contribution in [-0.4, -0.2) is 62.0 Å². The van der Waals surface area contributed by atoms with E-state index in [4.69, 9.17) is 14.2 Å². The van der Waals surface area contributed by atoms with Crippen molar-refractivity contribution < 1.29 is 28.2 Å². The molecule has 0 bridgehead atoms. The van der Waals surface area contributed by atoms with Crippen LogP contribution in [0.4, 0.5) is 14.9 Å². The van der Waals surface area contributed by atoms with E-state index < -0.39 is 17.4 Å². The van der Waals surface area contributed by atoms with Crippen molar-refractivity contribution in [1.82, 2.24) is 4.90 Å². The lowest BCUT2D eigenvalue weighted by Crippen LogP contribution is -2.48. The molecule has 3 rings (SSSR count). The van der Waals surface area contributed by atoms with Crippen molar-refractivity contribution in [3.8, 4) is 5.75 Å². The third kappa shape index (κ3) is 4.79. The Hall–Kier alpha value is -2.51. The number of anilines is 1. The first-order chi connectivity index (χ1) is 14.1. The summed E-state index contributed by atoms with van der Waals surface area (Å²) in [5, 5.41) is 0. The minimum Gasteiger partial charge on any atom is -0.486 e. The van der Waals surface area contributed by atoms with E-state index in [1.807, 2.05) is 20.8 Å². The van der Waals surface area contributed by atoms with Gasteiger partial charge in [-0.1, -0.05) is 0 Å². The van der Waals surface area contributed by atoms with E-state index in [9.17, 15) is 14.0 Å². The molecule has 1 aromatic rings. The second kappa shape index (κ2) is 8.70. The summed E-state index contributed by atoms with van der Waals surface area (Å²) in [6.07, 6.45) is 1.37. The van der Waals surface area contributed by atoms with Gasteiger partial charge in [0.1, 0.15) is 12.2 Å². The van der Waals surface area contributed by atoms with E-state index >= 15 is 0 Å². The smallest absolute Gasteiger partial charge is 0.410 e. The van der Waals surface area contributed by atoms with Gasteiger partial charge in [-0.25, -0.2) is 14.0 Å². The van der Waals surface area contributed by atoms with Crippen molar-refractivity contribution >= 4 is 17.7 Å². The van der Waals surface area contributed by atoms with Gasteiger partial charge in [0.25, 0.3) is 0 Å². The van der Waals surface area contributed by atoms with Gasteiger partial charge in [-0.15, -0.1) is 0 Å². The van der Waals surface area contributed by atoms with Gasteiger partial charge >= 0.3 is 12.1 Å². The van der Waals surface area contributed by atoms with E-state index in [1.54, 1.807) is 11.0 Å². The Bertz CT molecular complexity index is 799. The molecule has 2 aliphatic heterocycles. The Labute approximate surface area is 177 Å². The van der Waals surface area contributed by atoms with E-state index in [1.165, 1.54) is 7.11 Å². The molecule has 1 aromatic carbocycles. The third-order valence-electron chi connectivity index (χ3n) is 5.70. The molecule has 0 radical (unpaired) electrons. The van der Waals surface area contributed by atoms with Crippen molar-refractivity contribution in [3.63, 3.8) is 0 Å². The summed E-state index contributed by atoms with van der Waals surface area (Å²) < 4.78 is 30.3. The molecule has 1 saturated heterocycles. The highest BCUT2D eigenvalue weighted by Crippen LogP contribution is 2.39. The maximum Gasteiger partial charge on any atom is 0.410 e. The summed E-state index contributed by atoms with van der Waals surface area (Å²) in [5.41, 5.74) is 0.222. The molecular weight excluding hydrogens is 391 g/mol. The molecule has 7 nitrogen and oxygen atoms in total. The van der Waals surface area contributed by atoms with Crippen molar-refractivity contribution in [3.05, 3.63) is 23.5 Å². The topological polar surface area (TPSA) is 68.3 Å². The summed E-state index contributed by atoms with van der Waals surface area (Å²) in [6, 6.07) is 2.88. The van der Waals surface area contributed by atoms with Crippen molar-refractivity contribution in [1.29, 1.82) is 0 Å². The van der Waals surface area contributed by atoms with Gasteiger partial charge in [0.2, 0.25) is 0 Å². The number of carbonyl (C=O) groups excluding carboxylic acids is 2. The molecule has 0 aliphatic carbocycles. The number of esters is 1. The van der Waals surface area contributed by atoms with Gasteiger partial charge in [-0.05, 0) is 58.6 Å². The first-order valence-electron chi connectivity index (χ1n) is 10.4. The second-order valence-corrected chi connectivity index (χ2v) is 8.89. The molecule has 2 heterocycles. The molecular formula is C22H31FN2O5. The number of fused-ring (bicyclic) bond motifs is 1. The average molecular weight is 422 g/mol. The minimum atomic E-state index is -0.583. The Morgan fingerprint density at radius 2 is 1.87 bits per heavy atom. The largest absolute Gasteiger partial charge is 0.486 e. The van der Waals surface area contributed by atoms with Crippen LogP contribution < -0.4 is 9.64 Å². The minimum absolute atomic E-state index is 0.0979. The van der Waals surface area contributed by atoms with Gasteiger partial charge in [0.05, 0.1) is 24.9 Å². The van der Waals surface area contributed by atoms with E-state index in [0.717, 1.165) is 18.9 Å². The fourth-order valence-corrected chi connectivity index (χ4v) is 4.11. The predicted octanol–water partition coefficient (Wildman–Crippen LogP) is 3.85. The van der Waals surface area contributed by atoms with E-state index in [0.29, 0.717) is 37.8 Å². The van der Waals surface area contributed by atoms with Crippen LogP contribution >= 0.6 is 0 Å². The number of hydrogen-bond acceptors (Lipinski definition) is 6. The molecule has 0 aromatic heterocycles. The zero-order valence-electron chi connectivity index (χ0n) is 18.4. The van der Waals surface area contributed by atoms with Gasteiger partial charge in [0.15, 0.2) is 11.6 Å². The SMILES string of the molecule is COC(=O)c1cc(F)c2c(c1)N(C(C)C1CCN(C(=O)OC(C)(C)C)CC1)CCO2. The van der Waals surface area contributed by atoms with Crippen LogP contribution in [0.2, 0.25) is 0 Å². The fourth-order valence-electron chi connectivity index (χ4n) is 4.11. The van der Waals surface area contributed by atoms with Crippen LogP contribution in [-0.2, 0) is 9.47 Å². The molecule has 1 atom stereocenters. The number of benzene rings is 1. The van der Waals surface area contributed by atoms with E-state index in [-0.39, 0.29) is 23.4 Å². The number of hydrogen-bond donors (Lipinski definition) is 0. The molecule has 2 aliphatic rings. The van der Waals surface area contributed by atoms with Gasteiger partial charge in [-0.3, -0.25) is 0 Å². The van der Waals surface area contributed by atoms with E-state index in [2.05, 4.69) is 11.8 Å². The zero-order valence-corrected chi connectivity index (χ0v) is 18.4. The molecule has 0 spiro atoms. The summed E-state index contributed by atoms with van der Waals surface area (Å²) >= 11 is 0. The number of amides is 1. The number of rotatable bonds is 3. The number of halogens is 1. The fraction of sp³-hybridized carbons (Fsp3) is 0.636. The quantitative estimate of drug-likeness (QED) is 0.690. The predicted molar refractivity (Wildman–Crippen MR) is 111 cm³/mol. The zero-order chi connectivity index (χ0) is 22.1. The van der Waals surface area contributed by atoms with Gasteiger partial charge in [-0.2, -0.15) is 0 Å². The highest BCUT2D eigenvalue weighted by molar-refractivity contribution is 5.91. The lowest BCUT2D eigenvalue weighted by atomic mass is 9.89. The first-order valence-corrected chi connectivity index (χ1v) is 10.4. The monoisotopic (exact) mass is 422 g/mol. The number of piperidine rings is 1. The number of likely N-dealkylation sites (tertiary alicyclic amines) is 1. The first kappa shape index (κ1) is 22.2. The summed E-state index contributed by atoms with van der Waals surface area (Å²) in [4.78, 5) is 28.1. The van der Waals surface area contributed by atoms with Crippen LogP contribution in [0, 0.1) is 11.7 Å². The van der Waals surface area contributed by atoms with Gasteiger partial charge < -0.3 is 24.0 Å². The Morgan fingerprint density at radius 3 is 2.47 bits per heavy atom. The lowest BCUT2D eigenvalue weighted by Gasteiger charge is -2.42. The lowest BCUT2D eigenvalue weighted by molar-refractivity contribution is 0.0175. The molecule has 0 saturated carbocycles. The highest BCUT2D eigenvalue weighted by atomic mass is 19.1. The average Bonchev–Trinajstić information content (AvgIpc) is 2.71. The molecule has 1 fully saturated rings. The number of ether oxygens (including phenoxy) is 3. The van der Waals surface area contributed by atoms with Crippen LogP contribution in [0.15, 0.2) is 12.1 Å². The third-order valence-corrected chi connectivity index (χ3v) is 5.70. The second-order valence-electron chi connectivity index (χ2n) is 8.89. The van der Waals surface area contributed by atoms with Crippen LogP contribution in [0.3, 0.4) is 0 Å². The molecule has 0 N–H and O–H groups in total. The summed E-state index contributed by atoms with van der Waals surface area (Å²) in [5.74, 6) is -0.656.